The second-order valence-corrected chi connectivity index (χ2v) is 8.30. The van der Waals surface area contributed by atoms with Gasteiger partial charge in [0.2, 0.25) is 0 Å². The van der Waals surface area contributed by atoms with Gasteiger partial charge in [-0.25, -0.2) is 0 Å². The lowest BCUT2D eigenvalue weighted by Crippen LogP contribution is -2.44. The Hall–Kier alpha value is -1.63. The molecule has 186 valence electrons. The first kappa shape index (κ1) is 37.7. The van der Waals surface area contributed by atoms with Crippen molar-refractivity contribution in [3.63, 3.8) is 0 Å². The molecule has 6 heteroatoms. The Bertz CT molecular complexity index is 557. The summed E-state index contributed by atoms with van der Waals surface area (Å²) in [4.78, 5) is 0. The molecule has 0 bridgehead atoms. The van der Waals surface area contributed by atoms with Crippen molar-refractivity contribution in [1.29, 1.82) is 5.41 Å². The van der Waals surface area contributed by atoms with Gasteiger partial charge < -0.3 is 20.7 Å². The van der Waals surface area contributed by atoms with Gasteiger partial charge in [-0.1, -0.05) is 67.3 Å². The van der Waals surface area contributed by atoms with E-state index < -0.39 is 11.2 Å². The number of rotatable bonds is 7. The zero-order valence-corrected chi connectivity index (χ0v) is 22.7. The van der Waals surface area contributed by atoms with Crippen molar-refractivity contribution in [2.24, 2.45) is 5.73 Å². The summed E-state index contributed by atoms with van der Waals surface area (Å²) in [7, 11) is 7.32. The van der Waals surface area contributed by atoms with Crippen molar-refractivity contribution in [2.45, 2.75) is 99.7 Å². The molecule has 0 aliphatic carbocycles. The molecule has 0 aromatic rings. The molecule has 0 spiro atoms. The Morgan fingerprint density at radius 1 is 1.00 bits per heavy atom. The first-order valence-electron chi connectivity index (χ1n) is 11.2. The molecule has 5 nitrogen and oxygen atoms in total. The van der Waals surface area contributed by atoms with Crippen LogP contribution < -0.4 is 5.73 Å². The van der Waals surface area contributed by atoms with Gasteiger partial charge in [0.1, 0.15) is 7.85 Å². The maximum atomic E-state index is 9.10. The number of methoxy groups -OCH3 is 1. The maximum absolute atomic E-state index is 9.10. The number of hydrogen-bond donors (Lipinski definition) is 4. The largest absolute Gasteiger partial charge is 0.484 e. The third-order valence-corrected chi connectivity index (χ3v) is 4.42. The minimum Gasteiger partial charge on any atom is -0.484 e. The fourth-order valence-corrected chi connectivity index (χ4v) is 1.35. The SMILES string of the molecule is C/C=C\C.CC(C)(O)C(C)(C)O.COC(=N)CN.[B]C(=C/C=C(/C)CCC)/C(C)=C\CC. The second-order valence-electron chi connectivity index (χ2n) is 8.30. The molecule has 0 aliphatic heterocycles. The number of ether oxygens (including phenoxy) is 1. The monoisotopic (exact) mass is 450 g/mol. The Kier molecular flexibility index (Phi) is 26.6. The van der Waals surface area contributed by atoms with Crippen molar-refractivity contribution in [1.82, 2.24) is 0 Å². The van der Waals surface area contributed by atoms with E-state index in [9.17, 15) is 0 Å². The molecular weight excluding hydrogens is 399 g/mol. The molecule has 32 heavy (non-hydrogen) atoms. The van der Waals surface area contributed by atoms with Crippen LogP contribution >= 0.6 is 0 Å². The fourth-order valence-electron chi connectivity index (χ4n) is 1.35. The van der Waals surface area contributed by atoms with Crippen LogP contribution in [0.15, 0.2) is 47.0 Å². The van der Waals surface area contributed by atoms with E-state index >= 15 is 0 Å². The first-order chi connectivity index (χ1) is 14.6. The van der Waals surface area contributed by atoms with Crippen molar-refractivity contribution in [3.8, 4) is 0 Å². The van der Waals surface area contributed by atoms with E-state index in [4.69, 9.17) is 29.2 Å². The average molecular weight is 451 g/mol. The quantitative estimate of drug-likeness (QED) is 0.129. The van der Waals surface area contributed by atoms with Crippen LogP contribution in [0.3, 0.4) is 0 Å². The highest BCUT2D eigenvalue weighted by atomic mass is 16.5. The normalized spacial score (nSPS) is 12.6. The average Bonchev–Trinajstić information content (AvgIpc) is 2.71. The summed E-state index contributed by atoms with van der Waals surface area (Å²) in [5.74, 6) is 0.120. The van der Waals surface area contributed by atoms with Crippen LogP contribution in [0.2, 0.25) is 0 Å². The molecule has 0 amide bonds. The molecule has 0 saturated heterocycles. The highest BCUT2D eigenvalue weighted by Gasteiger charge is 2.31. The summed E-state index contributed by atoms with van der Waals surface area (Å²) in [6.07, 6.45) is 13.7. The van der Waals surface area contributed by atoms with Crippen LogP contribution in [0.25, 0.3) is 0 Å². The van der Waals surface area contributed by atoms with E-state index in [2.05, 4.69) is 44.6 Å². The van der Waals surface area contributed by atoms with Crippen LogP contribution in [-0.4, -0.2) is 48.8 Å². The van der Waals surface area contributed by atoms with Crippen molar-refractivity contribution < 1.29 is 14.9 Å². The molecule has 0 aliphatic rings. The second kappa shape index (κ2) is 22.6. The van der Waals surface area contributed by atoms with Crippen LogP contribution in [0, 0.1) is 5.41 Å². The Balaban J connectivity index is -0.000000184. The predicted molar refractivity (Wildman–Crippen MR) is 143 cm³/mol. The summed E-state index contributed by atoms with van der Waals surface area (Å²) >= 11 is 0. The van der Waals surface area contributed by atoms with Gasteiger partial charge >= 0.3 is 0 Å². The Labute approximate surface area is 200 Å². The lowest BCUT2D eigenvalue weighted by Gasteiger charge is -2.31. The molecule has 0 fully saturated rings. The summed E-state index contributed by atoms with van der Waals surface area (Å²) < 4.78 is 4.36. The van der Waals surface area contributed by atoms with Crippen LogP contribution in [0.4, 0.5) is 0 Å². The van der Waals surface area contributed by atoms with E-state index in [1.165, 1.54) is 24.7 Å². The zero-order chi connectivity index (χ0) is 26.4. The molecule has 0 aromatic carbocycles. The van der Waals surface area contributed by atoms with Gasteiger partial charge in [0, 0.05) is 0 Å². The molecule has 5 N–H and O–H groups in total. The van der Waals surface area contributed by atoms with Gasteiger partial charge in [0.15, 0.2) is 5.90 Å². The molecule has 0 unspecified atom stereocenters. The number of nitrogens with one attached hydrogen (secondary N) is 1. The molecule has 0 aromatic heterocycles. The first-order valence-corrected chi connectivity index (χ1v) is 11.2. The van der Waals surface area contributed by atoms with E-state index in [1.807, 2.05) is 32.1 Å². The van der Waals surface area contributed by atoms with Gasteiger partial charge in [0.25, 0.3) is 0 Å². The lowest BCUT2D eigenvalue weighted by molar-refractivity contribution is -0.107. The number of aliphatic hydroxyl groups is 2. The minimum absolute atomic E-state index is 0.120. The molecule has 0 rings (SSSR count). The number of nitrogens with two attached hydrogens (primary N) is 1. The maximum Gasteiger partial charge on any atom is 0.194 e. The molecule has 0 heterocycles. The molecule has 2 radical (unpaired) electrons. The number of allylic oxidation sites excluding steroid dienone is 8. The van der Waals surface area contributed by atoms with Gasteiger partial charge in [-0.3, -0.25) is 5.41 Å². The zero-order valence-electron chi connectivity index (χ0n) is 22.7. The molecule has 0 saturated carbocycles. The molecule has 0 atom stereocenters. The van der Waals surface area contributed by atoms with Gasteiger partial charge in [-0.05, 0) is 68.2 Å². The minimum atomic E-state index is -1.01. The van der Waals surface area contributed by atoms with Crippen molar-refractivity contribution in [3.05, 3.63) is 47.0 Å². The third-order valence-electron chi connectivity index (χ3n) is 4.42. The Morgan fingerprint density at radius 2 is 1.44 bits per heavy atom. The van der Waals surface area contributed by atoms with E-state index in [-0.39, 0.29) is 12.4 Å². The van der Waals surface area contributed by atoms with E-state index in [1.54, 1.807) is 27.7 Å². The van der Waals surface area contributed by atoms with Crippen LogP contribution in [-0.2, 0) is 4.74 Å². The summed E-state index contributed by atoms with van der Waals surface area (Å²) in [6, 6.07) is 0. The third kappa shape index (κ3) is 28.4. The van der Waals surface area contributed by atoms with Crippen molar-refractivity contribution >= 4 is 13.7 Å². The topological polar surface area (TPSA) is 99.6 Å². The van der Waals surface area contributed by atoms with E-state index in [0.29, 0.717) is 0 Å². The van der Waals surface area contributed by atoms with Crippen molar-refractivity contribution in [2.75, 3.05) is 13.7 Å². The summed E-state index contributed by atoms with van der Waals surface area (Å²) in [6.45, 7) is 19.0. The number of hydrogen-bond acceptors (Lipinski definition) is 5. The fraction of sp³-hybridized carbons (Fsp3) is 0.654. The standard InChI is InChI=1S/C13H21B.C6H14O2.C4H8.C3H8N2O/c1-5-7-11(3)9-10-13(14)12(4)8-6-2;1-5(2,7)6(3,4)8;1-3-4-2;1-6-3(5)2-4/h8-10H,5-7H2,1-4H3;7-8H,1-4H3;3-4H,1-2H3;5H,2,4H2,1H3/b11-9-,12-8-,13-10+;;4-3-;. The summed E-state index contributed by atoms with van der Waals surface area (Å²) in [5.41, 5.74) is 6.36. The van der Waals surface area contributed by atoms with Gasteiger partial charge in [-0.2, -0.15) is 0 Å². The summed E-state index contributed by atoms with van der Waals surface area (Å²) in [5, 5.41) is 24.8. The van der Waals surface area contributed by atoms with Gasteiger partial charge in [0.05, 0.1) is 24.9 Å². The highest BCUT2D eigenvalue weighted by molar-refractivity contribution is 6.24. The van der Waals surface area contributed by atoms with Crippen LogP contribution in [0.5, 0.6) is 0 Å². The Morgan fingerprint density at radius 3 is 1.66 bits per heavy atom. The lowest BCUT2D eigenvalue weighted by atomic mass is 9.87. The molecular formula is C26H51BN2O3. The predicted octanol–water partition coefficient (Wildman–Crippen LogP) is 5.82. The van der Waals surface area contributed by atoms with Crippen LogP contribution in [0.1, 0.15) is 88.5 Å². The van der Waals surface area contributed by atoms with E-state index in [0.717, 1.165) is 18.3 Å². The highest BCUT2D eigenvalue weighted by Crippen LogP contribution is 2.19. The smallest absolute Gasteiger partial charge is 0.194 e. The van der Waals surface area contributed by atoms with Gasteiger partial charge in [-0.15, -0.1) is 0 Å².